The van der Waals surface area contributed by atoms with Crippen molar-refractivity contribution in [1.82, 2.24) is 10.3 Å². The summed E-state index contributed by atoms with van der Waals surface area (Å²) in [4.78, 5) is 7.14. The van der Waals surface area contributed by atoms with Crippen molar-refractivity contribution >= 4 is 5.82 Å². The first-order valence-corrected chi connectivity index (χ1v) is 7.46. The van der Waals surface area contributed by atoms with Crippen LogP contribution in [0.5, 0.6) is 0 Å². The van der Waals surface area contributed by atoms with Crippen molar-refractivity contribution in [3.8, 4) is 0 Å². The molecule has 3 nitrogen and oxygen atoms in total. The Morgan fingerprint density at radius 3 is 2.74 bits per heavy atom. The highest BCUT2D eigenvalue weighted by Gasteiger charge is 2.25. The Bertz CT molecular complexity index is 391. The molecule has 2 heterocycles. The third-order valence-corrected chi connectivity index (χ3v) is 3.92. The third-order valence-electron chi connectivity index (χ3n) is 3.92. The van der Waals surface area contributed by atoms with Crippen molar-refractivity contribution in [1.29, 1.82) is 0 Å². The maximum Gasteiger partial charge on any atom is 0.128 e. The van der Waals surface area contributed by atoms with Gasteiger partial charge in [-0.2, -0.15) is 0 Å². The van der Waals surface area contributed by atoms with Crippen molar-refractivity contribution in [2.75, 3.05) is 24.5 Å². The van der Waals surface area contributed by atoms with Crippen molar-refractivity contribution in [3.05, 3.63) is 23.9 Å². The molecule has 1 aromatic heterocycles. The molecule has 0 aliphatic carbocycles. The Labute approximate surface area is 117 Å². The first kappa shape index (κ1) is 14.3. The molecule has 0 spiro atoms. The fourth-order valence-corrected chi connectivity index (χ4v) is 2.66. The second-order valence-electron chi connectivity index (χ2n) is 6.45. The molecule has 0 bridgehead atoms. The second kappa shape index (κ2) is 5.91. The fourth-order valence-electron chi connectivity index (χ4n) is 2.66. The van der Waals surface area contributed by atoms with Gasteiger partial charge in [0.25, 0.3) is 0 Å². The Balaban J connectivity index is 2.08. The van der Waals surface area contributed by atoms with E-state index in [1.807, 2.05) is 6.20 Å². The molecule has 1 fully saturated rings. The van der Waals surface area contributed by atoms with Gasteiger partial charge in [-0.3, -0.25) is 0 Å². The summed E-state index contributed by atoms with van der Waals surface area (Å²) in [5.41, 5.74) is 1.48. The van der Waals surface area contributed by atoms with E-state index in [4.69, 9.17) is 0 Å². The number of hydrogen-bond donors (Lipinski definition) is 1. The van der Waals surface area contributed by atoms with Crippen LogP contribution >= 0.6 is 0 Å². The van der Waals surface area contributed by atoms with Crippen molar-refractivity contribution in [2.24, 2.45) is 0 Å². The van der Waals surface area contributed by atoms with E-state index in [1.165, 1.54) is 18.4 Å². The van der Waals surface area contributed by atoms with Gasteiger partial charge in [-0.25, -0.2) is 4.98 Å². The van der Waals surface area contributed by atoms with Crippen LogP contribution in [0.1, 0.15) is 46.1 Å². The molecule has 3 heteroatoms. The van der Waals surface area contributed by atoms with E-state index in [9.17, 15) is 0 Å². The lowest BCUT2D eigenvalue weighted by molar-refractivity contribution is 0.578. The summed E-state index contributed by atoms with van der Waals surface area (Å²) in [6.45, 7) is 12.1. The van der Waals surface area contributed by atoms with Crippen LogP contribution in [0.4, 0.5) is 5.82 Å². The summed E-state index contributed by atoms with van der Waals surface area (Å²) < 4.78 is 0. The van der Waals surface area contributed by atoms with Gasteiger partial charge in [-0.1, -0.05) is 33.8 Å². The molecular weight excluding hydrogens is 234 g/mol. The van der Waals surface area contributed by atoms with E-state index in [2.05, 4.69) is 55.0 Å². The fraction of sp³-hybridized carbons (Fsp3) is 0.688. The van der Waals surface area contributed by atoms with Crippen LogP contribution in [0, 0.1) is 0 Å². The van der Waals surface area contributed by atoms with Gasteiger partial charge >= 0.3 is 0 Å². The van der Waals surface area contributed by atoms with Gasteiger partial charge in [0.05, 0.1) is 0 Å². The molecule has 2 rings (SSSR count). The smallest absolute Gasteiger partial charge is 0.128 e. The third kappa shape index (κ3) is 3.47. The average molecular weight is 261 g/mol. The zero-order chi connectivity index (χ0) is 13.9. The molecule has 1 atom stereocenters. The predicted octanol–water partition coefficient (Wildman–Crippen LogP) is 2.96. The number of rotatable bonds is 4. The standard InChI is InChI=1S/C16H27N3/c1-5-17-12-14-7-6-10-19(14)15-9-8-13(11-18-15)16(2,3)4/h8-9,11,14,17H,5-7,10,12H2,1-4H3. The van der Waals surface area contributed by atoms with Gasteiger partial charge in [0.15, 0.2) is 0 Å². The maximum absolute atomic E-state index is 4.68. The molecule has 0 radical (unpaired) electrons. The van der Waals surface area contributed by atoms with Crippen LogP contribution in [0.3, 0.4) is 0 Å². The number of aromatic nitrogens is 1. The molecule has 106 valence electrons. The highest BCUT2D eigenvalue weighted by molar-refractivity contribution is 5.43. The topological polar surface area (TPSA) is 28.2 Å². The highest BCUT2D eigenvalue weighted by Crippen LogP contribution is 2.26. The Hall–Kier alpha value is -1.09. The van der Waals surface area contributed by atoms with E-state index in [1.54, 1.807) is 0 Å². The van der Waals surface area contributed by atoms with E-state index >= 15 is 0 Å². The van der Waals surface area contributed by atoms with Crippen molar-refractivity contribution < 1.29 is 0 Å². The van der Waals surface area contributed by atoms with Crippen LogP contribution in [0.25, 0.3) is 0 Å². The largest absolute Gasteiger partial charge is 0.352 e. The Morgan fingerprint density at radius 2 is 2.16 bits per heavy atom. The lowest BCUT2D eigenvalue weighted by atomic mass is 9.88. The minimum Gasteiger partial charge on any atom is -0.352 e. The van der Waals surface area contributed by atoms with Crippen LogP contribution < -0.4 is 10.2 Å². The molecular formula is C16H27N3. The predicted molar refractivity (Wildman–Crippen MR) is 81.8 cm³/mol. The number of pyridine rings is 1. The quantitative estimate of drug-likeness (QED) is 0.903. The lowest BCUT2D eigenvalue weighted by Crippen LogP contribution is -2.38. The molecule has 0 saturated carbocycles. The van der Waals surface area contributed by atoms with E-state index < -0.39 is 0 Å². The first-order valence-electron chi connectivity index (χ1n) is 7.46. The van der Waals surface area contributed by atoms with Crippen LogP contribution in [0.2, 0.25) is 0 Å². The lowest BCUT2D eigenvalue weighted by Gasteiger charge is -2.27. The average Bonchev–Trinajstić information content (AvgIpc) is 2.83. The van der Waals surface area contributed by atoms with Gasteiger partial charge < -0.3 is 10.2 Å². The molecule has 19 heavy (non-hydrogen) atoms. The molecule has 1 aliphatic rings. The molecule has 1 unspecified atom stereocenters. The minimum absolute atomic E-state index is 0.180. The van der Waals surface area contributed by atoms with Crippen molar-refractivity contribution in [3.63, 3.8) is 0 Å². The molecule has 1 aliphatic heterocycles. The summed E-state index contributed by atoms with van der Waals surface area (Å²) in [5.74, 6) is 1.13. The van der Waals surface area contributed by atoms with Gasteiger partial charge in [0.2, 0.25) is 0 Å². The van der Waals surface area contributed by atoms with Gasteiger partial charge in [0, 0.05) is 25.3 Å². The van der Waals surface area contributed by atoms with Crippen LogP contribution in [0.15, 0.2) is 18.3 Å². The van der Waals surface area contributed by atoms with E-state index in [0.29, 0.717) is 6.04 Å². The van der Waals surface area contributed by atoms with Crippen LogP contribution in [-0.2, 0) is 5.41 Å². The van der Waals surface area contributed by atoms with E-state index in [-0.39, 0.29) is 5.41 Å². The molecule has 1 N–H and O–H groups in total. The van der Waals surface area contributed by atoms with Gasteiger partial charge in [0.1, 0.15) is 5.82 Å². The summed E-state index contributed by atoms with van der Waals surface area (Å²) in [7, 11) is 0. The Kier molecular flexibility index (Phi) is 4.46. The number of hydrogen-bond acceptors (Lipinski definition) is 3. The van der Waals surface area contributed by atoms with Crippen LogP contribution in [-0.4, -0.2) is 30.7 Å². The van der Waals surface area contributed by atoms with E-state index in [0.717, 1.165) is 25.5 Å². The maximum atomic E-state index is 4.68. The second-order valence-corrected chi connectivity index (χ2v) is 6.45. The zero-order valence-corrected chi connectivity index (χ0v) is 12.7. The zero-order valence-electron chi connectivity index (χ0n) is 12.7. The van der Waals surface area contributed by atoms with Gasteiger partial charge in [-0.05, 0) is 36.4 Å². The SMILES string of the molecule is CCNCC1CCCN1c1ccc(C(C)(C)C)cn1. The summed E-state index contributed by atoms with van der Waals surface area (Å²) in [5, 5.41) is 3.46. The first-order chi connectivity index (χ1) is 9.02. The van der Waals surface area contributed by atoms with Gasteiger partial charge in [-0.15, -0.1) is 0 Å². The number of anilines is 1. The molecule has 0 aromatic carbocycles. The number of likely N-dealkylation sites (N-methyl/N-ethyl adjacent to an activating group) is 1. The normalized spacial score (nSPS) is 20.0. The highest BCUT2D eigenvalue weighted by atomic mass is 15.2. The Morgan fingerprint density at radius 1 is 1.37 bits per heavy atom. The number of nitrogens with zero attached hydrogens (tertiary/aromatic N) is 2. The molecule has 1 saturated heterocycles. The summed E-state index contributed by atoms with van der Waals surface area (Å²) in [6, 6.07) is 5.02. The monoisotopic (exact) mass is 261 g/mol. The summed E-state index contributed by atoms with van der Waals surface area (Å²) in [6.07, 6.45) is 4.59. The van der Waals surface area contributed by atoms with Crippen molar-refractivity contribution in [2.45, 2.75) is 52.0 Å². The summed E-state index contributed by atoms with van der Waals surface area (Å²) >= 11 is 0. The number of nitrogens with one attached hydrogen (secondary N) is 1. The molecule has 0 amide bonds. The molecule has 1 aromatic rings. The minimum atomic E-state index is 0.180.